The molecule has 1 heterocycles. The van der Waals surface area contributed by atoms with Crippen molar-refractivity contribution >= 4 is 33.2 Å². The molecule has 0 saturated carbocycles. The van der Waals surface area contributed by atoms with E-state index in [0.717, 1.165) is 12.0 Å². The molecule has 1 aliphatic rings. The summed E-state index contributed by atoms with van der Waals surface area (Å²) in [7, 11) is -3.97. The highest BCUT2D eigenvalue weighted by Gasteiger charge is 2.38. The standard InChI is InChI=1S/C19H21ClN2O4S/c1-3-10-21-19(23)17-12-22(15-6-4-5-7-16(15)26-17)27(24,25)18-9-8-13(2)11-14(18)20/h4-9,11,17H,3,10,12H2,1-2H3,(H,21,23). The van der Waals surface area contributed by atoms with E-state index in [1.165, 1.54) is 10.4 Å². The number of nitrogens with zero attached hydrogens (tertiary/aromatic N) is 1. The SMILES string of the molecule is CCCNC(=O)C1CN(S(=O)(=O)c2ccc(C)cc2Cl)c2ccccc2O1. The summed E-state index contributed by atoms with van der Waals surface area (Å²) >= 11 is 6.21. The predicted octanol–water partition coefficient (Wildman–Crippen LogP) is 3.13. The summed E-state index contributed by atoms with van der Waals surface area (Å²) in [5.74, 6) is -0.00577. The van der Waals surface area contributed by atoms with Gasteiger partial charge in [0.15, 0.2) is 6.10 Å². The molecule has 1 amide bonds. The molecule has 0 bridgehead atoms. The van der Waals surface area contributed by atoms with Gasteiger partial charge >= 0.3 is 0 Å². The Morgan fingerprint density at radius 3 is 2.74 bits per heavy atom. The summed E-state index contributed by atoms with van der Waals surface area (Å²) in [6, 6.07) is 11.5. The van der Waals surface area contributed by atoms with Gasteiger partial charge < -0.3 is 10.1 Å². The van der Waals surface area contributed by atoms with Gasteiger partial charge in [0, 0.05) is 6.54 Å². The number of sulfonamides is 1. The summed E-state index contributed by atoms with van der Waals surface area (Å²) in [5, 5.41) is 2.90. The number of rotatable bonds is 5. The summed E-state index contributed by atoms with van der Waals surface area (Å²) in [6.45, 7) is 4.14. The molecule has 27 heavy (non-hydrogen) atoms. The molecule has 144 valence electrons. The zero-order valence-electron chi connectivity index (χ0n) is 15.1. The molecule has 2 aromatic carbocycles. The van der Waals surface area contributed by atoms with Gasteiger partial charge in [0.2, 0.25) is 0 Å². The Kier molecular flexibility index (Phi) is 5.62. The quantitative estimate of drug-likeness (QED) is 0.824. The second kappa shape index (κ2) is 7.78. The highest BCUT2D eigenvalue weighted by atomic mass is 35.5. The normalized spacial score (nSPS) is 16.4. The molecule has 2 aromatic rings. The monoisotopic (exact) mass is 408 g/mol. The van der Waals surface area contributed by atoms with E-state index >= 15 is 0 Å². The van der Waals surface area contributed by atoms with Crippen LogP contribution in [0.25, 0.3) is 0 Å². The van der Waals surface area contributed by atoms with Gasteiger partial charge in [0.25, 0.3) is 15.9 Å². The smallest absolute Gasteiger partial charge is 0.266 e. The molecule has 6 nitrogen and oxygen atoms in total. The molecule has 0 spiro atoms. The third-order valence-electron chi connectivity index (χ3n) is 4.23. The van der Waals surface area contributed by atoms with Crippen molar-refractivity contribution in [3.63, 3.8) is 0 Å². The Hall–Kier alpha value is -2.25. The number of carbonyl (C=O) groups excluding carboxylic acids is 1. The van der Waals surface area contributed by atoms with Gasteiger partial charge in [0.1, 0.15) is 10.6 Å². The molecule has 0 fully saturated rings. The van der Waals surface area contributed by atoms with Crippen molar-refractivity contribution in [2.75, 3.05) is 17.4 Å². The number of ether oxygens (including phenoxy) is 1. The second-order valence-corrected chi connectivity index (χ2v) is 8.57. The van der Waals surface area contributed by atoms with Gasteiger partial charge in [-0.15, -0.1) is 0 Å². The summed E-state index contributed by atoms with van der Waals surface area (Å²) in [6.07, 6.45) is -0.166. The Bertz CT molecular complexity index is 962. The van der Waals surface area contributed by atoms with Crippen LogP contribution in [-0.4, -0.2) is 33.5 Å². The molecular weight excluding hydrogens is 388 g/mol. The van der Waals surface area contributed by atoms with Crippen molar-refractivity contribution in [2.45, 2.75) is 31.3 Å². The summed E-state index contributed by atoms with van der Waals surface area (Å²) < 4.78 is 33.6. The van der Waals surface area contributed by atoms with Crippen LogP contribution in [0.5, 0.6) is 5.75 Å². The molecule has 1 aliphatic heterocycles. The van der Waals surface area contributed by atoms with Crippen molar-refractivity contribution in [3.05, 3.63) is 53.1 Å². The van der Waals surface area contributed by atoms with Crippen LogP contribution in [0.1, 0.15) is 18.9 Å². The van der Waals surface area contributed by atoms with Gasteiger partial charge in [-0.05, 0) is 43.2 Å². The minimum Gasteiger partial charge on any atom is -0.476 e. The molecule has 0 aromatic heterocycles. The number of fused-ring (bicyclic) bond motifs is 1. The summed E-state index contributed by atoms with van der Waals surface area (Å²) in [4.78, 5) is 12.4. The third kappa shape index (κ3) is 3.89. The van der Waals surface area contributed by atoms with Gasteiger partial charge in [-0.25, -0.2) is 8.42 Å². The van der Waals surface area contributed by atoms with E-state index in [9.17, 15) is 13.2 Å². The summed E-state index contributed by atoms with van der Waals surface area (Å²) in [5.41, 5.74) is 1.24. The molecule has 0 saturated heterocycles. The lowest BCUT2D eigenvalue weighted by Gasteiger charge is -2.34. The largest absolute Gasteiger partial charge is 0.476 e. The van der Waals surface area contributed by atoms with Crippen LogP contribution in [0, 0.1) is 6.92 Å². The van der Waals surface area contributed by atoms with E-state index in [0.29, 0.717) is 18.0 Å². The topological polar surface area (TPSA) is 75.7 Å². The van der Waals surface area contributed by atoms with Gasteiger partial charge in [-0.2, -0.15) is 0 Å². The minimum atomic E-state index is -3.97. The first-order valence-corrected chi connectivity index (χ1v) is 10.5. The first kappa shape index (κ1) is 19.5. The van der Waals surface area contributed by atoms with Gasteiger partial charge in [0.05, 0.1) is 17.3 Å². The zero-order chi connectivity index (χ0) is 19.6. The van der Waals surface area contributed by atoms with E-state index in [1.807, 2.05) is 13.8 Å². The molecule has 1 unspecified atom stereocenters. The predicted molar refractivity (Wildman–Crippen MR) is 105 cm³/mol. The lowest BCUT2D eigenvalue weighted by molar-refractivity contribution is -0.127. The number of amides is 1. The first-order chi connectivity index (χ1) is 12.8. The maximum absolute atomic E-state index is 13.3. The highest BCUT2D eigenvalue weighted by molar-refractivity contribution is 7.93. The van der Waals surface area contributed by atoms with Crippen LogP contribution in [0.4, 0.5) is 5.69 Å². The fourth-order valence-electron chi connectivity index (χ4n) is 2.86. The van der Waals surface area contributed by atoms with Crippen molar-refractivity contribution in [1.29, 1.82) is 0 Å². The first-order valence-electron chi connectivity index (χ1n) is 8.67. The second-order valence-electron chi connectivity index (χ2n) is 6.34. The Morgan fingerprint density at radius 1 is 1.30 bits per heavy atom. The molecule has 3 rings (SSSR count). The fourth-order valence-corrected chi connectivity index (χ4v) is 4.91. The average molecular weight is 409 g/mol. The number of nitrogens with one attached hydrogen (secondary N) is 1. The maximum atomic E-state index is 13.3. The van der Waals surface area contributed by atoms with Crippen molar-refractivity contribution in [1.82, 2.24) is 5.32 Å². The van der Waals surface area contributed by atoms with Gasteiger partial charge in [-0.3, -0.25) is 9.10 Å². The number of hydrogen-bond donors (Lipinski definition) is 1. The van der Waals surface area contributed by atoms with Crippen molar-refractivity contribution in [3.8, 4) is 5.75 Å². The van der Waals surface area contributed by atoms with Crippen LogP contribution in [-0.2, 0) is 14.8 Å². The zero-order valence-corrected chi connectivity index (χ0v) is 16.7. The fraction of sp³-hybridized carbons (Fsp3) is 0.316. The number of halogens is 1. The number of carbonyl (C=O) groups is 1. The molecule has 1 N–H and O–H groups in total. The number of hydrogen-bond acceptors (Lipinski definition) is 4. The van der Waals surface area contributed by atoms with Crippen LogP contribution in [0.3, 0.4) is 0 Å². The highest BCUT2D eigenvalue weighted by Crippen LogP contribution is 2.38. The average Bonchev–Trinajstić information content (AvgIpc) is 2.64. The lowest BCUT2D eigenvalue weighted by atomic mass is 10.2. The van der Waals surface area contributed by atoms with E-state index < -0.39 is 16.1 Å². The van der Waals surface area contributed by atoms with E-state index in [4.69, 9.17) is 16.3 Å². The van der Waals surface area contributed by atoms with E-state index in [2.05, 4.69) is 5.32 Å². The minimum absolute atomic E-state index is 0.000754. The number of aryl methyl sites for hydroxylation is 1. The van der Waals surface area contributed by atoms with E-state index in [-0.39, 0.29) is 22.4 Å². The molecular formula is C19H21ClN2O4S. The van der Waals surface area contributed by atoms with Gasteiger partial charge in [-0.1, -0.05) is 36.7 Å². The molecule has 8 heteroatoms. The van der Waals surface area contributed by atoms with Crippen LogP contribution >= 0.6 is 11.6 Å². The molecule has 0 radical (unpaired) electrons. The Labute approximate surface area is 164 Å². The van der Waals surface area contributed by atoms with Crippen LogP contribution in [0.15, 0.2) is 47.4 Å². The molecule has 0 aliphatic carbocycles. The Balaban J connectivity index is 2.03. The van der Waals surface area contributed by atoms with E-state index in [1.54, 1.807) is 36.4 Å². The third-order valence-corrected chi connectivity index (χ3v) is 6.49. The lowest BCUT2D eigenvalue weighted by Crippen LogP contribution is -2.50. The number of para-hydroxylation sites is 2. The maximum Gasteiger partial charge on any atom is 0.266 e. The van der Waals surface area contributed by atoms with Crippen molar-refractivity contribution < 1.29 is 17.9 Å². The number of anilines is 1. The van der Waals surface area contributed by atoms with Crippen molar-refractivity contribution in [2.24, 2.45) is 0 Å². The molecule has 1 atom stereocenters. The Morgan fingerprint density at radius 2 is 2.04 bits per heavy atom. The van der Waals surface area contributed by atoms with Crippen LogP contribution < -0.4 is 14.4 Å². The van der Waals surface area contributed by atoms with Crippen LogP contribution in [0.2, 0.25) is 5.02 Å². The number of benzene rings is 2.